The van der Waals surface area contributed by atoms with E-state index >= 15 is 0 Å². The minimum atomic E-state index is 0.0670. The Morgan fingerprint density at radius 3 is 2.88 bits per heavy atom. The molecule has 0 spiro atoms. The van der Waals surface area contributed by atoms with Crippen LogP contribution in [0.15, 0.2) is 23.3 Å². The molecule has 4 nitrogen and oxygen atoms in total. The molecule has 0 aliphatic heterocycles. The highest BCUT2D eigenvalue weighted by atomic mass is 16.1. The van der Waals surface area contributed by atoms with Gasteiger partial charge in [-0.1, -0.05) is 12.8 Å². The number of hydrogen-bond donors (Lipinski definition) is 0. The molecule has 1 aliphatic carbocycles. The largest absolute Gasteiger partial charge is 0.329 e. The average Bonchev–Trinajstić information content (AvgIpc) is 2.90. The second-order valence-corrected chi connectivity index (χ2v) is 4.53. The zero-order valence-electron chi connectivity index (χ0n) is 9.39. The van der Waals surface area contributed by atoms with Gasteiger partial charge in [0.1, 0.15) is 5.65 Å². The Labute approximate surface area is 93.5 Å². The summed E-state index contributed by atoms with van der Waals surface area (Å²) in [5, 5.41) is 4.92. The van der Waals surface area contributed by atoms with Crippen LogP contribution in [0.3, 0.4) is 0 Å². The van der Waals surface area contributed by atoms with Crippen molar-refractivity contribution in [2.75, 3.05) is 0 Å². The fraction of sp³-hybridized carbons (Fsp3) is 0.500. The normalized spacial score (nSPS) is 17.3. The first kappa shape index (κ1) is 9.63. The highest BCUT2D eigenvalue weighted by Gasteiger charge is 2.19. The van der Waals surface area contributed by atoms with E-state index < -0.39 is 0 Å². The number of pyridine rings is 1. The van der Waals surface area contributed by atoms with Crippen LogP contribution in [0.25, 0.3) is 11.0 Å². The molecule has 16 heavy (non-hydrogen) atoms. The van der Waals surface area contributed by atoms with Crippen LogP contribution in [0, 0.1) is 0 Å². The second kappa shape index (κ2) is 3.47. The number of rotatable bonds is 1. The van der Waals surface area contributed by atoms with Crippen LogP contribution in [-0.4, -0.2) is 14.3 Å². The molecule has 2 aromatic heterocycles. The third kappa shape index (κ3) is 1.29. The smallest absolute Gasteiger partial charge is 0.192 e. The Morgan fingerprint density at radius 1 is 1.38 bits per heavy atom. The van der Waals surface area contributed by atoms with Crippen molar-refractivity contribution in [1.29, 1.82) is 0 Å². The zero-order valence-corrected chi connectivity index (χ0v) is 9.39. The van der Waals surface area contributed by atoms with E-state index in [1.807, 2.05) is 13.2 Å². The van der Waals surface area contributed by atoms with E-state index in [0.29, 0.717) is 6.04 Å². The predicted molar refractivity (Wildman–Crippen MR) is 62.5 cm³/mol. The molecule has 0 atom stereocenters. The molecule has 0 radical (unpaired) electrons. The fourth-order valence-electron chi connectivity index (χ4n) is 2.70. The molecule has 2 aromatic rings. The summed E-state index contributed by atoms with van der Waals surface area (Å²) in [5.41, 5.74) is 1.02. The summed E-state index contributed by atoms with van der Waals surface area (Å²) in [6.45, 7) is 0. The third-order valence-corrected chi connectivity index (χ3v) is 3.52. The van der Waals surface area contributed by atoms with Gasteiger partial charge in [-0.2, -0.15) is 5.10 Å². The molecule has 0 amide bonds. The summed E-state index contributed by atoms with van der Waals surface area (Å²) in [6, 6.07) is 2.20. The van der Waals surface area contributed by atoms with Crippen LogP contribution in [0.1, 0.15) is 31.7 Å². The average molecular weight is 217 g/mol. The number of fused-ring (bicyclic) bond motifs is 1. The maximum Gasteiger partial charge on any atom is 0.192 e. The van der Waals surface area contributed by atoms with Crippen molar-refractivity contribution in [3.05, 3.63) is 28.7 Å². The van der Waals surface area contributed by atoms with Gasteiger partial charge in [0.05, 0.1) is 11.6 Å². The van der Waals surface area contributed by atoms with Gasteiger partial charge in [0.2, 0.25) is 0 Å². The van der Waals surface area contributed by atoms with Gasteiger partial charge in [-0.15, -0.1) is 0 Å². The van der Waals surface area contributed by atoms with Crippen LogP contribution in [0.2, 0.25) is 0 Å². The van der Waals surface area contributed by atoms with E-state index in [9.17, 15) is 4.79 Å². The minimum absolute atomic E-state index is 0.0670. The first-order valence-electron chi connectivity index (χ1n) is 5.80. The van der Waals surface area contributed by atoms with E-state index in [1.165, 1.54) is 25.7 Å². The molecule has 0 aromatic carbocycles. The first-order chi connectivity index (χ1) is 7.77. The van der Waals surface area contributed by atoms with E-state index in [-0.39, 0.29) is 5.43 Å². The van der Waals surface area contributed by atoms with Crippen molar-refractivity contribution in [2.24, 2.45) is 7.05 Å². The first-order valence-corrected chi connectivity index (χ1v) is 5.80. The van der Waals surface area contributed by atoms with Gasteiger partial charge in [-0.05, 0) is 12.8 Å². The predicted octanol–water partition coefficient (Wildman–Crippen LogP) is 1.85. The van der Waals surface area contributed by atoms with Crippen LogP contribution in [0.4, 0.5) is 0 Å². The molecule has 0 saturated heterocycles. The molecule has 1 saturated carbocycles. The Morgan fingerprint density at radius 2 is 2.12 bits per heavy atom. The number of aryl methyl sites for hydroxylation is 1. The zero-order chi connectivity index (χ0) is 11.1. The van der Waals surface area contributed by atoms with Gasteiger partial charge in [0.15, 0.2) is 5.43 Å². The molecule has 0 bridgehead atoms. The Balaban J connectivity index is 2.27. The van der Waals surface area contributed by atoms with Crippen LogP contribution in [-0.2, 0) is 7.05 Å². The molecule has 84 valence electrons. The van der Waals surface area contributed by atoms with Gasteiger partial charge >= 0.3 is 0 Å². The monoisotopic (exact) mass is 217 g/mol. The van der Waals surface area contributed by atoms with Gasteiger partial charge in [0, 0.05) is 25.4 Å². The maximum atomic E-state index is 11.7. The van der Waals surface area contributed by atoms with E-state index in [0.717, 1.165) is 11.0 Å². The fourth-order valence-corrected chi connectivity index (χ4v) is 2.70. The lowest BCUT2D eigenvalue weighted by Gasteiger charge is -2.16. The lowest BCUT2D eigenvalue weighted by molar-refractivity contribution is 0.520. The topological polar surface area (TPSA) is 39.8 Å². The Bertz CT molecular complexity index is 575. The van der Waals surface area contributed by atoms with Crippen LogP contribution >= 0.6 is 0 Å². The standard InChI is InChI=1S/C12H15N3O/c1-14-12-10(8-13-14)11(16)6-7-15(12)9-4-2-3-5-9/h6-9H,2-5H2,1H3. The molecule has 1 aliphatic rings. The van der Waals surface area contributed by atoms with Crippen molar-refractivity contribution in [3.8, 4) is 0 Å². The minimum Gasteiger partial charge on any atom is -0.329 e. The van der Waals surface area contributed by atoms with E-state index in [4.69, 9.17) is 0 Å². The lowest BCUT2D eigenvalue weighted by atomic mass is 10.2. The molecule has 4 heteroatoms. The summed E-state index contributed by atoms with van der Waals surface area (Å²) in [7, 11) is 1.90. The highest BCUT2D eigenvalue weighted by molar-refractivity contribution is 5.74. The summed E-state index contributed by atoms with van der Waals surface area (Å²) < 4.78 is 4.02. The maximum absolute atomic E-state index is 11.7. The van der Waals surface area contributed by atoms with Crippen molar-refractivity contribution in [2.45, 2.75) is 31.7 Å². The van der Waals surface area contributed by atoms with Gasteiger partial charge in [-0.3, -0.25) is 9.48 Å². The summed E-state index contributed by atoms with van der Waals surface area (Å²) in [6.07, 6.45) is 8.59. The number of nitrogens with zero attached hydrogens (tertiary/aromatic N) is 3. The number of hydrogen-bond acceptors (Lipinski definition) is 2. The summed E-state index contributed by atoms with van der Waals surface area (Å²) in [5.74, 6) is 0. The molecule has 1 fully saturated rings. The van der Waals surface area contributed by atoms with Crippen molar-refractivity contribution in [1.82, 2.24) is 14.3 Å². The number of aromatic nitrogens is 3. The second-order valence-electron chi connectivity index (χ2n) is 4.53. The van der Waals surface area contributed by atoms with Crippen molar-refractivity contribution in [3.63, 3.8) is 0 Å². The van der Waals surface area contributed by atoms with Gasteiger partial charge in [-0.25, -0.2) is 0 Å². The molecule has 0 N–H and O–H groups in total. The van der Waals surface area contributed by atoms with Crippen molar-refractivity contribution < 1.29 is 0 Å². The quantitative estimate of drug-likeness (QED) is 0.731. The summed E-state index contributed by atoms with van der Waals surface area (Å²) >= 11 is 0. The highest BCUT2D eigenvalue weighted by Crippen LogP contribution is 2.30. The Hall–Kier alpha value is -1.58. The Kier molecular flexibility index (Phi) is 2.09. The third-order valence-electron chi connectivity index (χ3n) is 3.52. The molecule has 0 unspecified atom stereocenters. The van der Waals surface area contributed by atoms with Crippen molar-refractivity contribution >= 4 is 11.0 Å². The molecule has 3 rings (SSSR count). The van der Waals surface area contributed by atoms with Gasteiger partial charge in [0.25, 0.3) is 0 Å². The van der Waals surface area contributed by atoms with Crippen LogP contribution in [0.5, 0.6) is 0 Å². The lowest BCUT2D eigenvalue weighted by Crippen LogP contribution is -2.13. The van der Waals surface area contributed by atoms with E-state index in [2.05, 4.69) is 9.67 Å². The van der Waals surface area contributed by atoms with E-state index in [1.54, 1.807) is 16.9 Å². The molecular weight excluding hydrogens is 202 g/mol. The van der Waals surface area contributed by atoms with Crippen LogP contribution < -0.4 is 5.43 Å². The van der Waals surface area contributed by atoms with Gasteiger partial charge < -0.3 is 4.57 Å². The SMILES string of the molecule is Cn1ncc2c(=O)ccn(C3CCCC3)c21. The summed E-state index contributed by atoms with van der Waals surface area (Å²) in [4.78, 5) is 11.7. The molecular formula is C12H15N3O. The molecule has 2 heterocycles.